The monoisotopic (exact) mass is 218 g/mol. The van der Waals surface area contributed by atoms with E-state index in [1.807, 2.05) is 0 Å². The molecule has 0 nitrogen and oxygen atoms in total. The van der Waals surface area contributed by atoms with E-state index in [4.69, 9.17) is 0 Å². The Kier molecular flexibility index (Phi) is 9.38. The van der Waals surface area contributed by atoms with Gasteiger partial charge in [0.15, 0.2) is 0 Å². The first kappa shape index (κ1) is 10.8. The van der Waals surface area contributed by atoms with E-state index in [0.29, 0.717) is 4.58 Å². The lowest BCUT2D eigenvalue weighted by Crippen LogP contribution is -1.97. The fraction of sp³-hybridized carbons (Fsp3) is 1.00. The third kappa shape index (κ3) is 6.16. The zero-order chi connectivity index (χ0) is 7.11. The molecule has 0 aromatic rings. The van der Waals surface area contributed by atoms with Gasteiger partial charge in [0, 0.05) is 15.9 Å². The van der Waals surface area contributed by atoms with Crippen molar-refractivity contribution in [3.05, 3.63) is 0 Å². The predicted octanol–water partition coefficient (Wildman–Crippen LogP) is 2.48. The molecule has 0 aromatic carbocycles. The van der Waals surface area contributed by atoms with Gasteiger partial charge in [0.05, 0.1) is 4.58 Å². The molecule has 0 aliphatic carbocycles. The van der Waals surface area contributed by atoms with Gasteiger partial charge in [-0.25, -0.2) is 0 Å². The summed E-state index contributed by atoms with van der Waals surface area (Å²) in [4.78, 5) is 0. The number of thiol groups is 3. The topological polar surface area (TPSA) is 0 Å². The quantitative estimate of drug-likeness (QED) is 0.479. The zero-order valence-electron chi connectivity index (χ0n) is 4.86. The molecule has 0 rings (SSSR count). The van der Waals surface area contributed by atoms with Crippen LogP contribution >= 0.6 is 61.4 Å². The highest BCUT2D eigenvalue weighted by atomic mass is 32.2. The van der Waals surface area contributed by atoms with Crippen molar-refractivity contribution in [1.29, 1.82) is 0 Å². The Balaban J connectivity index is 3.18. The van der Waals surface area contributed by atoms with Crippen molar-refractivity contribution in [3.63, 3.8) is 0 Å². The molecule has 0 N–H and O–H groups in total. The van der Waals surface area contributed by atoms with Crippen LogP contribution in [0.15, 0.2) is 0 Å². The molecular formula is C4H10S5. The van der Waals surface area contributed by atoms with Gasteiger partial charge in [-0.15, -0.1) is 23.5 Å². The molecule has 0 atom stereocenters. The van der Waals surface area contributed by atoms with Crippen LogP contribution in [0.3, 0.4) is 0 Å². The van der Waals surface area contributed by atoms with E-state index in [-0.39, 0.29) is 0 Å². The molecule has 0 fully saturated rings. The molecule has 5 heteroatoms. The van der Waals surface area contributed by atoms with Crippen LogP contribution in [0.1, 0.15) is 0 Å². The molecule has 56 valence electrons. The second-order valence-electron chi connectivity index (χ2n) is 1.20. The summed E-state index contributed by atoms with van der Waals surface area (Å²) >= 11 is 16.0. The Hall–Kier alpha value is 1.75. The number of rotatable bonds is 5. The van der Waals surface area contributed by atoms with Gasteiger partial charge < -0.3 is 0 Å². The maximum absolute atomic E-state index is 4.17. The van der Waals surface area contributed by atoms with Crippen LogP contribution in [0.2, 0.25) is 0 Å². The van der Waals surface area contributed by atoms with Crippen LogP contribution in [0, 0.1) is 0 Å². The Morgan fingerprint density at radius 3 is 1.67 bits per heavy atom. The molecule has 0 aliphatic rings. The summed E-state index contributed by atoms with van der Waals surface area (Å²) in [6, 6.07) is 0. The van der Waals surface area contributed by atoms with Crippen molar-refractivity contribution < 1.29 is 0 Å². The maximum atomic E-state index is 4.17. The summed E-state index contributed by atoms with van der Waals surface area (Å²) in [5.74, 6) is 0.899. The van der Waals surface area contributed by atoms with E-state index in [2.05, 4.69) is 37.9 Å². The van der Waals surface area contributed by atoms with Gasteiger partial charge in [0.25, 0.3) is 0 Å². The SMILES string of the molecule is SCSC(CS)SCS. The molecule has 0 aromatic heterocycles. The van der Waals surface area contributed by atoms with E-state index in [1.165, 1.54) is 0 Å². The summed E-state index contributed by atoms with van der Waals surface area (Å²) in [5.41, 5.74) is 0. The lowest BCUT2D eigenvalue weighted by Gasteiger charge is -2.08. The van der Waals surface area contributed by atoms with Crippen LogP contribution in [0.5, 0.6) is 0 Å². The fourth-order valence-corrected chi connectivity index (χ4v) is 3.97. The Morgan fingerprint density at radius 1 is 1.00 bits per heavy atom. The molecule has 0 radical (unpaired) electrons. The lowest BCUT2D eigenvalue weighted by molar-refractivity contribution is 1.46. The Bertz CT molecular complexity index is 50.9. The first-order chi connectivity index (χ1) is 4.35. The standard InChI is InChI=1S/C4H10S5/c5-1-4(8-2-6)9-3-7/h4-7H,1-3H2. The number of hydrogen-bond donors (Lipinski definition) is 3. The van der Waals surface area contributed by atoms with E-state index in [1.54, 1.807) is 23.5 Å². The van der Waals surface area contributed by atoms with Gasteiger partial charge in [-0.2, -0.15) is 37.9 Å². The van der Waals surface area contributed by atoms with Gasteiger partial charge in [-0.05, 0) is 0 Å². The van der Waals surface area contributed by atoms with Crippen molar-refractivity contribution in [2.75, 3.05) is 15.9 Å². The minimum Gasteiger partial charge on any atom is -0.177 e. The Morgan fingerprint density at radius 2 is 1.44 bits per heavy atom. The molecule has 0 amide bonds. The fourth-order valence-electron chi connectivity index (χ4n) is 0.320. The molecule has 0 unspecified atom stereocenters. The average molecular weight is 218 g/mol. The molecule has 0 heterocycles. The van der Waals surface area contributed by atoms with E-state index in [0.717, 1.165) is 15.9 Å². The van der Waals surface area contributed by atoms with Crippen molar-refractivity contribution >= 4 is 61.4 Å². The summed E-state index contributed by atoms with van der Waals surface area (Å²) in [6.45, 7) is 0. The minimum absolute atomic E-state index is 0.559. The highest BCUT2D eigenvalue weighted by Gasteiger charge is 2.03. The van der Waals surface area contributed by atoms with Crippen LogP contribution < -0.4 is 0 Å². The van der Waals surface area contributed by atoms with Gasteiger partial charge in [0.2, 0.25) is 0 Å². The van der Waals surface area contributed by atoms with E-state index >= 15 is 0 Å². The molecular weight excluding hydrogens is 208 g/mol. The molecule has 0 spiro atoms. The summed E-state index contributed by atoms with van der Waals surface area (Å²) in [6.07, 6.45) is 0. The third-order valence-corrected chi connectivity index (χ3v) is 4.62. The number of hydrogen-bond acceptors (Lipinski definition) is 5. The first-order valence-electron chi connectivity index (χ1n) is 2.41. The van der Waals surface area contributed by atoms with Crippen molar-refractivity contribution in [3.8, 4) is 0 Å². The lowest BCUT2D eigenvalue weighted by atomic mass is 10.9. The molecule has 9 heavy (non-hydrogen) atoms. The van der Waals surface area contributed by atoms with Gasteiger partial charge in [0.1, 0.15) is 0 Å². The predicted molar refractivity (Wildman–Crippen MR) is 60.5 cm³/mol. The minimum atomic E-state index is 0.559. The summed E-state index contributed by atoms with van der Waals surface area (Å²) < 4.78 is 0.559. The van der Waals surface area contributed by atoms with Crippen LogP contribution in [-0.2, 0) is 0 Å². The van der Waals surface area contributed by atoms with Gasteiger partial charge in [-0.1, -0.05) is 0 Å². The van der Waals surface area contributed by atoms with Gasteiger partial charge >= 0.3 is 0 Å². The van der Waals surface area contributed by atoms with Crippen molar-refractivity contribution in [1.82, 2.24) is 0 Å². The average Bonchev–Trinajstić information content (AvgIpc) is 1.88. The normalized spacial score (nSPS) is 10.7. The summed E-state index contributed by atoms with van der Waals surface area (Å²) in [7, 11) is 0. The zero-order valence-corrected chi connectivity index (χ0v) is 9.17. The Labute approximate surface area is 81.5 Å². The third-order valence-electron chi connectivity index (χ3n) is 0.670. The van der Waals surface area contributed by atoms with Crippen LogP contribution in [0.25, 0.3) is 0 Å². The van der Waals surface area contributed by atoms with E-state index in [9.17, 15) is 0 Å². The van der Waals surface area contributed by atoms with Crippen LogP contribution in [-0.4, -0.2) is 20.5 Å². The largest absolute Gasteiger partial charge is 0.177 e. The highest BCUT2D eigenvalue weighted by Crippen LogP contribution is 2.25. The summed E-state index contributed by atoms with van der Waals surface area (Å²) in [5, 5.41) is 1.73. The maximum Gasteiger partial charge on any atom is 0.0606 e. The van der Waals surface area contributed by atoms with Crippen molar-refractivity contribution in [2.45, 2.75) is 4.58 Å². The van der Waals surface area contributed by atoms with Crippen molar-refractivity contribution in [2.24, 2.45) is 0 Å². The highest BCUT2D eigenvalue weighted by molar-refractivity contribution is 8.23. The molecule has 0 bridgehead atoms. The van der Waals surface area contributed by atoms with Gasteiger partial charge in [-0.3, -0.25) is 0 Å². The molecule has 0 aliphatic heterocycles. The smallest absolute Gasteiger partial charge is 0.0606 e. The van der Waals surface area contributed by atoms with Crippen LogP contribution in [0.4, 0.5) is 0 Å². The second kappa shape index (κ2) is 7.85. The van der Waals surface area contributed by atoms with E-state index < -0.39 is 0 Å². The number of thioether (sulfide) groups is 2. The first-order valence-corrected chi connectivity index (χ1v) is 6.40. The molecule has 0 saturated heterocycles. The second-order valence-corrected chi connectivity index (χ2v) is 5.74. The molecule has 0 saturated carbocycles.